The Labute approximate surface area is 140 Å². The average Bonchev–Trinajstić information content (AvgIpc) is 2.76. The van der Waals surface area contributed by atoms with E-state index in [1.165, 1.54) is 0 Å². The number of likely N-dealkylation sites (tertiary alicyclic amines) is 1. The van der Waals surface area contributed by atoms with Crippen LogP contribution in [0.1, 0.15) is 31.2 Å². The number of amides is 3. The first kappa shape index (κ1) is 16.0. The number of hydrogen-bond donors (Lipinski definition) is 1. The minimum absolute atomic E-state index is 0.197. The van der Waals surface area contributed by atoms with Gasteiger partial charge in [0.1, 0.15) is 6.54 Å². The van der Waals surface area contributed by atoms with Gasteiger partial charge in [-0.3, -0.25) is 19.3 Å². The van der Waals surface area contributed by atoms with E-state index in [1.54, 1.807) is 18.2 Å². The molecule has 0 aromatic heterocycles. The number of benzene rings is 1. The van der Waals surface area contributed by atoms with Gasteiger partial charge in [-0.25, -0.2) is 0 Å². The number of rotatable bonds is 3. The van der Waals surface area contributed by atoms with Crippen LogP contribution in [0.25, 0.3) is 0 Å². The van der Waals surface area contributed by atoms with E-state index in [0.29, 0.717) is 10.7 Å². The van der Waals surface area contributed by atoms with Crippen molar-refractivity contribution in [1.29, 1.82) is 0 Å². The van der Waals surface area contributed by atoms with Crippen LogP contribution in [0.2, 0.25) is 5.02 Å². The van der Waals surface area contributed by atoms with Crippen molar-refractivity contribution in [2.24, 2.45) is 11.8 Å². The zero-order valence-electron chi connectivity index (χ0n) is 13.0. The molecule has 3 rings (SSSR count). The summed E-state index contributed by atoms with van der Waals surface area (Å²) >= 11 is 5.93. The van der Waals surface area contributed by atoms with E-state index in [2.05, 4.69) is 5.32 Å². The number of imide groups is 1. The van der Waals surface area contributed by atoms with Gasteiger partial charge in [0.05, 0.1) is 11.8 Å². The summed E-state index contributed by atoms with van der Waals surface area (Å²) in [7, 11) is 0. The highest BCUT2D eigenvalue weighted by Gasteiger charge is 2.48. The first-order valence-corrected chi connectivity index (χ1v) is 8.26. The van der Waals surface area contributed by atoms with Crippen molar-refractivity contribution in [3.63, 3.8) is 0 Å². The van der Waals surface area contributed by atoms with Gasteiger partial charge in [0, 0.05) is 10.7 Å². The van der Waals surface area contributed by atoms with Gasteiger partial charge in [-0.1, -0.05) is 30.5 Å². The van der Waals surface area contributed by atoms with Gasteiger partial charge < -0.3 is 5.32 Å². The first-order chi connectivity index (χ1) is 11.0. The molecular weight excluding hydrogens is 316 g/mol. The number of nitrogens with one attached hydrogen (secondary N) is 1. The molecule has 2 aliphatic rings. The summed E-state index contributed by atoms with van der Waals surface area (Å²) in [6.07, 6.45) is 3.45. The van der Waals surface area contributed by atoms with Gasteiger partial charge >= 0.3 is 0 Å². The maximum atomic E-state index is 12.4. The zero-order valence-corrected chi connectivity index (χ0v) is 13.7. The van der Waals surface area contributed by atoms with E-state index >= 15 is 0 Å². The molecule has 1 aliphatic carbocycles. The van der Waals surface area contributed by atoms with Gasteiger partial charge in [0.2, 0.25) is 17.7 Å². The Kier molecular flexibility index (Phi) is 4.39. The molecular formula is C17H19ClN2O3. The lowest BCUT2D eigenvalue weighted by molar-refractivity contribution is -0.142. The molecule has 3 amide bonds. The fraction of sp³-hybridized carbons (Fsp3) is 0.471. The number of anilines is 1. The molecule has 0 unspecified atom stereocenters. The lowest BCUT2D eigenvalue weighted by atomic mass is 9.81. The van der Waals surface area contributed by atoms with Crippen LogP contribution in [-0.4, -0.2) is 29.2 Å². The molecule has 6 heteroatoms. The highest BCUT2D eigenvalue weighted by molar-refractivity contribution is 6.31. The van der Waals surface area contributed by atoms with Crippen LogP contribution in [0.4, 0.5) is 5.69 Å². The minimum atomic E-state index is -0.379. The summed E-state index contributed by atoms with van der Waals surface area (Å²) in [5, 5.41) is 3.25. The molecule has 1 aromatic rings. The van der Waals surface area contributed by atoms with Crippen molar-refractivity contribution < 1.29 is 14.4 Å². The molecule has 0 radical (unpaired) electrons. The zero-order chi connectivity index (χ0) is 16.6. The van der Waals surface area contributed by atoms with E-state index < -0.39 is 0 Å². The van der Waals surface area contributed by atoms with E-state index in [-0.39, 0.29) is 36.1 Å². The molecule has 0 spiro atoms. The Balaban J connectivity index is 1.69. The second-order valence-corrected chi connectivity index (χ2v) is 6.70. The normalized spacial score (nSPS) is 23.8. The molecule has 2 fully saturated rings. The molecule has 1 heterocycles. The van der Waals surface area contributed by atoms with Gasteiger partial charge in [-0.2, -0.15) is 0 Å². The highest BCUT2D eigenvalue weighted by atomic mass is 35.5. The Morgan fingerprint density at radius 3 is 2.43 bits per heavy atom. The van der Waals surface area contributed by atoms with E-state index in [4.69, 9.17) is 11.6 Å². The average molecular weight is 335 g/mol. The SMILES string of the molecule is Cc1ccc(Cl)cc1NC(=O)CN1C(=O)[C@@H]2CCCC[C@H]2C1=O. The van der Waals surface area contributed by atoms with Crippen molar-refractivity contribution in [2.75, 3.05) is 11.9 Å². The molecule has 1 N–H and O–H groups in total. The molecule has 1 aliphatic heterocycles. The van der Waals surface area contributed by atoms with Crippen molar-refractivity contribution in [3.05, 3.63) is 28.8 Å². The molecule has 23 heavy (non-hydrogen) atoms. The number of nitrogens with zero attached hydrogens (tertiary/aromatic N) is 1. The van der Waals surface area contributed by atoms with E-state index in [1.807, 2.05) is 6.92 Å². The Morgan fingerprint density at radius 1 is 1.22 bits per heavy atom. The molecule has 2 atom stereocenters. The van der Waals surface area contributed by atoms with Crippen LogP contribution in [0.5, 0.6) is 0 Å². The largest absolute Gasteiger partial charge is 0.324 e. The minimum Gasteiger partial charge on any atom is -0.324 e. The topological polar surface area (TPSA) is 66.5 Å². The quantitative estimate of drug-likeness (QED) is 0.864. The predicted molar refractivity (Wildman–Crippen MR) is 87.0 cm³/mol. The fourth-order valence-electron chi connectivity index (χ4n) is 3.45. The summed E-state index contributed by atoms with van der Waals surface area (Å²) < 4.78 is 0. The van der Waals surface area contributed by atoms with Crippen molar-refractivity contribution >= 4 is 35.0 Å². The summed E-state index contributed by atoms with van der Waals surface area (Å²) in [6, 6.07) is 5.20. The molecule has 1 aromatic carbocycles. The van der Waals surface area contributed by atoms with Crippen molar-refractivity contribution in [2.45, 2.75) is 32.6 Å². The third-order valence-electron chi connectivity index (χ3n) is 4.71. The summed E-state index contributed by atoms with van der Waals surface area (Å²) in [5.41, 5.74) is 1.47. The Morgan fingerprint density at radius 2 is 1.83 bits per heavy atom. The lowest BCUT2D eigenvalue weighted by Gasteiger charge is -2.19. The molecule has 1 saturated carbocycles. The number of hydrogen-bond acceptors (Lipinski definition) is 3. The maximum absolute atomic E-state index is 12.4. The summed E-state index contributed by atoms with van der Waals surface area (Å²) in [5.74, 6) is -1.22. The lowest BCUT2D eigenvalue weighted by Crippen LogP contribution is -2.38. The van der Waals surface area contributed by atoms with E-state index in [9.17, 15) is 14.4 Å². The number of carbonyl (C=O) groups excluding carboxylic acids is 3. The predicted octanol–water partition coefficient (Wildman–Crippen LogP) is 2.76. The van der Waals surface area contributed by atoms with Gasteiger partial charge in [-0.05, 0) is 37.5 Å². The van der Waals surface area contributed by atoms with Gasteiger partial charge in [0.25, 0.3) is 0 Å². The highest BCUT2D eigenvalue weighted by Crippen LogP contribution is 2.37. The number of halogens is 1. The van der Waals surface area contributed by atoms with Crippen LogP contribution in [-0.2, 0) is 14.4 Å². The number of aryl methyl sites for hydroxylation is 1. The fourth-order valence-corrected chi connectivity index (χ4v) is 3.62. The third kappa shape index (κ3) is 3.11. The van der Waals surface area contributed by atoms with Crippen molar-refractivity contribution in [1.82, 2.24) is 4.90 Å². The van der Waals surface area contributed by atoms with Crippen LogP contribution in [0.15, 0.2) is 18.2 Å². The standard InChI is InChI=1S/C17H19ClN2O3/c1-10-6-7-11(18)8-14(10)19-15(21)9-20-16(22)12-4-2-3-5-13(12)17(20)23/h6-8,12-13H,2-5,9H2,1H3,(H,19,21)/t12-,13-/m1/s1. The number of fused-ring (bicyclic) bond motifs is 1. The number of carbonyl (C=O) groups is 3. The Bertz CT molecular complexity index is 650. The van der Waals surface area contributed by atoms with Crippen LogP contribution >= 0.6 is 11.6 Å². The second-order valence-electron chi connectivity index (χ2n) is 6.27. The van der Waals surface area contributed by atoms with Crippen LogP contribution in [0.3, 0.4) is 0 Å². The monoisotopic (exact) mass is 334 g/mol. The first-order valence-electron chi connectivity index (χ1n) is 7.88. The third-order valence-corrected chi connectivity index (χ3v) is 4.94. The van der Waals surface area contributed by atoms with Crippen LogP contribution in [0, 0.1) is 18.8 Å². The molecule has 5 nitrogen and oxygen atoms in total. The summed E-state index contributed by atoms with van der Waals surface area (Å²) in [4.78, 5) is 38.1. The molecule has 122 valence electrons. The van der Waals surface area contributed by atoms with Crippen molar-refractivity contribution in [3.8, 4) is 0 Å². The maximum Gasteiger partial charge on any atom is 0.244 e. The second kappa shape index (κ2) is 6.32. The molecule has 1 saturated heterocycles. The molecule has 0 bridgehead atoms. The van der Waals surface area contributed by atoms with Gasteiger partial charge in [-0.15, -0.1) is 0 Å². The van der Waals surface area contributed by atoms with E-state index in [0.717, 1.165) is 36.1 Å². The van der Waals surface area contributed by atoms with Gasteiger partial charge in [0.15, 0.2) is 0 Å². The van der Waals surface area contributed by atoms with Crippen LogP contribution < -0.4 is 5.32 Å². The summed E-state index contributed by atoms with van der Waals surface area (Å²) in [6.45, 7) is 1.63. The smallest absolute Gasteiger partial charge is 0.244 e. The Hall–Kier alpha value is -1.88.